The second-order valence-corrected chi connectivity index (χ2v) is 6.53. The zero-order valence-corrected chi connectivity index (χ0v) is 12.1. The highest BCUT2D eigenvalue weighted by Crippen LogP contribution is 2.34. The van der Waals surface area contributed by atoms with Gasteiger partial charge in [0.05, 0.1) is 6.61 Å². The van der Waals surface area contributed by atoms with Gasteiger partial charge in [0.2, 0.25) is 0 Å². The Bertz CT molecular complexity index is 404. The van der Waals surface area contributed by atoms with Crippen molar-refractivity contribution in [1.82, 2.24) is 0 Å². The van der Waals surface area contributed by atoms with Gasteiger partial charge < -0.3 is 15.6 Å². The summed E-state index contributed by atoms with van der Waals surface area (Å²) in [4.78, 5) is 0. The monoisotopic (exact) mass is 263 g/mol. The highest BCUT2D eigenvalue weighted by Gasteiger charge is 2.34. The van der Waals surface area contributed by atoms with Gasteiger partial charge in [0.1, 0.15) is 11.9 Å². The van der Waals surface area contributed by atoms with E-state index in [0.717, 1.165) is 18.6 Å². The van der Waals surface area contributed by atoms with Crippen LogP contribution in [0.15, 0.2) is 24.3 Å². The minimum absolute atomic E-state index is 0.0291. The van der Waals surface area contributed by atoms with Gasteiger partial charge in [-0.05, 0) is 41.9 Å². The highest BCUT2D eigenvalue weighted by atomic mass is 16.5. The van der Waals surface area contributed by atoms with Gasteiger partial charge in [-0.1, -0.05) is 32.9 Å². The molecule has 0 saturated heterocycles. The predicted molar refractivity (Wildman–Crippen MR) is 77.3 cm³/mol. The molecule has 1 fully saturated rings. The molecule has 2 rings (SSSR count). The standard InChI is InChI=1S/C16H25NO2/c1-16(2,3)12-6-8-13(9-7-12)19-14(10-18)15(17)11-4-5-11/h6-9,11,14-15,18H,4-5,10,17H2,1-3H3. The minimum atomic E-state index is -0.298. The van der Waals surface area contributed by atoms with Gasteiger partial charge in [-0.3, -0.25) is 0 Å². The van der Waals surface area contributed by atoms with E-state index < -0.39 is 0 Å². The fraction of sp³-hybridized carbons (Fsp3) is 0.625. The molecule has 1 aromatic carbocycles. The molecule has 3 N–H and O–H groups in total. The lowest BCUT2D eigenvalue weighted by Gasteiger charge is -2.24. The first-order valence-corrected chi connectivity index (χ1v) is 7.05. The van der Waals surface area contributed by atoms with Crippen LogP contribution < -0.4 is 10.5 Å². The fourth-order valence-corrected chi connectivity index (χ4v) is 2.23. The van der Waals surface area contributed by atoms with E-state index in [-0.39, 0.29) is 24.2 Å². The molecule has 2 atom stereocenters. The van der Waals surface area contributed by atoms with Crippen LogP contribution in [0.25, 0.3) is 0 Å². The Hall–Kier alpha value is -1.06. The van der Waals surface area contributed by atoms with Crippen LogP contribution in [0.2, 0.25) is 0 Å². The average molecular weight is 263 g/mol. The van der Waals surface area contributed by atoms with E-state index in [1.165, 1.54) is 5.56 Å². The average Bonchev–Trinajstić information content (AvgIpc) is 3.19. The van der Waals surface area contributed by atoms with Gasteiger partial charge in [0.25, 0.3) is 0 Å². The molecule has 1 aliphatic rings. The second-order valence-electron chi connectivity index (χ2n) is 6.53. The summed E-state index contributed by atoms with van der Waals surface area (Å²) in [7, 11) is 0. The number of hydrogen-bond donors (Lipinski definition) is 2. The molecule has 0 aromatic heterocycles. The number of benzene rings is 1. The first-order chi connectivity index (χ1) is 8.91. The highest BCUT2D eigenvalue weighted by molar-refractivity contribution is 5.31. The van der Waals surface area contributed by atoms with Crippen molar-refractivity contribution in [3.63, 3.8) is 0 Å². The van der Waals surface area contributed by atoms with Crippen molar-refractivity contribution in [2.75, 3.05) is 6.61 Å². The van der Waals surface area contributed by atoms with Crippen LogP contribution in [0.5, 0.6) is 5.75 Å². The lowest BCUT2D eigenvalue weighted by atomic mass is 9.87. The van der Waals surface area contributed by atoms with E-state index in [0.29, 0.717) is 5.92 Å². The van der Waals surface area contributed by atoms with Crippen LogP contribution in [-0.4, -0.2) is 23.9 Å². The van der Waals surface area contributed by atoms with Crippen molar-refractivity contribution in [2.24, 2.45) is 11.7 Å². The SMILES string of the molecule is CC(C)(C)c1ccc(OC(CO)C(N)C2CC2)cc1. The summed E-state index contributed by atoms with van der Waals surface area (Å²) in [5.41, 5.74) is 7.50. The number of rotatable bonds is 5. The molecule has 1 aliphatic carbocycles. The van der Waals surface area contributed by atoms with Gasteiger partial charge in [-0.15, -0.1) is 0 Å². The van der Waals surface area contributed by atoms with Gasteiger partial charge in [0.15, 0.2) is 0 Å². The third-order valence-corrected chi connectivity index (χ3v) is 3.78. The Balaban J connectivity index is 2.01. The van der Waals surface area contributed by atoms with Crippen LogP contribution in [0, 0.1) is 5.92 Å². The number of nitrogens with two attached hydrogens (primary N) is 1. The number of ether oxygens (including phenoxy) is 1. The zero-order chi connectivity index (χ0) is 14.0. The summed E-state index contributed by atoms with van der Waals surface area (Å²) < 4.78 is 5.82. The smallest absolute Gasteiger partial charge is 0.137 e. The Morgan fingerprint density at radius 2 is 1.84 bits per heavy atom. The van der Waals surface area contributed by atoms with Crippen molar-refractivity contribution >= 4 is 0 Å². The van der Waals surface area contributed by atoms with Crippen molar-refractivity contribution in [3.05, 3.63) is 29.8 Å². The molecule has 3 heteroatoms. The van der Waals surface area contributed by atoms with E-state index in [9.17, 15) is 5.11 Å². The Labute approximate surface area is 115 Å². The maximum Gasteiger partial charge on any atom is 0.137 e. The molecular formula is C16H25NO2. The topological polar surface area (TPSA) is 55.5 Å². The largest absolute Gasteiger partial charge is 0.486 e. The third kappa shape index (κ3) is 3.71. The van der Waals surface area contributed by atoms with Crippen molar-refractivity contribution in [1.29, 1.82) is 0 Å². The Morgan fingerprint density at radius 1 is 1.26 bits per heavy atom. The zero-order valence-electron chi connectivity index (χ0n) is 12.1. The first kappa shape index (κ1) is 14.4. The maximum absolute atomic E-state index is 9.41. The van der Waals surface area contributed by atoms with Crippen LogP contribution in [0.1, 0.15) is 39.2 Å². The summed E-state index contributed by atoms with van der Waals surface area (Å²) in [6.45, 7) is 6.52. The molecule has 0 spiro atoms. The van der Waals surface area contributed by atoms with Crippen molar-refractivity contribution in [3.8, 4) is 5.75 Å². The van der Waals surface area contributed by atoms with Crippen molar-refractivity contribution in [2.45, 2.75) is 51.2 Å². The van der Waals surface area contributed by atoms with Gasteiger partial charge in [-0.25, -0.2) is 0 Å². The molecular weight excluding hydrogens is 238 g/mol. The lowest BCUT2D eigenvalue weighted by molar-refractivity contribution is 0.0882. The van der Waals surface area contributed by atoms with Crippen LogP contribution in [-0.2, 0) is 5.41 Å². The van der Waals surface area contributed by atoms with E-state index in [1.54, 1.807) is 0 Å². The molecule has 0 amide bonds. The summed E-state index contributed by atoms with van der Waals surface area (Å²) in [6, 6.07) is 8.01. The molecule has 3 nitrogen and oxygen atoms in total. The summed E-state index contributed by atoms with van der Waals surface area (Å²) >= 11 is 0. The summed E-state index contributed by atoms with van der Waals surface area (Å²) in [6.07, 6.45) is 2.02. The van der Waals surface area contributed by atoms with E-state index in [4.69, 9.17) is 10.5 Å². The summed E-state index contributed by atoms with van der Waals surface area (Å²) in [5, 5.41) is 9.41. The lowest BCUT2D eigenvalue weighted by Crippen LogP contribution is -2.43. The Morgan fingerprint density at radius 3 is 2.26 bits per heavy atom. The maximum atomic E-state index is 9.41. The Kier molecular flexibility index (Phi) is 4.16. The third-order valence-electron chi connectivity index (χ3n) is 3.78. The first-order valence-electron chi connectivity index (χ1n) is 7.05. The van der Waals surface area contributed by atoms with Crippen LogP contribution in [0.3, 0.4) is 0 Å². The van der Waals surface area contributed by atoms with Crippen LogP contribution in [0.4, 0.5) is 0 Å². The molecule has 0 heterocycles. The molecule has 2 unspecified atom stereocenters. The van der Waals surface area contributed by atoms with Gasteiger partial charge in [-0.2, -0.15) is 0 Å². The fourth-order valence-electron chi connectivity index (χ4n) is 2.23. The number of hydrogen-bond acceptors (Lipinski definition) is 3. The van der Waals surface area contributed by atoms with E-state index >= 15 is 0 Å². The second kappa shape index (κ2) is 5.51. The molecule has 1 saturated carbocycles. The molecule has 0 radical (unpaired) electrons. The molecule has 0 aliphatic heterocycles. The normalized spacial score (nSPS) is 19.0. The minimum Gasteiger partial charge on any atom is -0.486 e. The molecule has 19 heavy (non-hydrogen) atoms. The quantitative estimate of drug-likeness (QED) is 0.858. The summed E-state index contributed by atoms with van der Waals surface area (Å²) in [5.74, 6) is 1.30. The van der Waals surface area contributed by atoms with Gasteiger partial charge >= 0.3 is 0 Å². The molecule has 106 valence electrons. The predicted octanol–water partition coefficient (Wildman–Crippen LogP) is 2.46. The van der Waals surface area contributed by atoms with Crippen LogP contribution >= 0.6 is 0 Å². The molecule has 1 aromatic rings. The van der Waals surface area contributed by atoms with Crippen molar-refractivity contribution < 1.29 is 9.84 Å². The van der Waals surface area contributed by atoms with Gasteiger partial charge in [0, 0.05) is 6.04 Å². The van der Waals surface area contributed by atoms with E-state index in [2.05, 4.69) is 32.9 Å². The number of aliphatic hydroxyl groups is 1. The molecule has 0 bridgehead atoms. The van der Waals surface area contributed by atoms with E-state index in [1.807, 2.05) is 12.1 Å². The number of aliphatic hydroxyl groups excluding tert-OH is 1.